The first-order valence-corrected chi connectivity index (χ1v) is 11.2. The number of hydrogen-bond donors (Lipinski definition) is 1. The average molecular weight is 460 g/mol. The maximum Gasteiger partial charge on any atom is 0.324 e. The molecule has 1 aliphatic rings. The van der Waals surface area contributed by atoms with Crippen molar-refractivity contribution in [3.05, 3.63) is 83.4 Å². The normalized spacial score (nSPS) is 13.6. The van der Waals surface area contributed by atoms with Crippen molar-refractivity contribution in [2.24, 2.45) is 0 Å². The SMILES string of the molecule is COc1cc(CN2CCCN(c3cccc(NC(=O)c4ccccc4C)c3)C2=O)cc(OC)c1. The molecule has 4 rings (SSSR count). The van der Waals surface area contributed by atoms with Crippen molar-refractivity contribution >= 4 is 23.3 Å². The Bertz CT molecular complexity index is 1170. The van der Waals surface area contributed by atoms with Crippen LogP contribution < -0.4 is 19.7 Å². The molecular weight excluding hydrogens is 430 g/mol. The molecule has 0 bridgehead atoms. The zero-order valence-corrected chi connectivity index (χ0v) is 19.7. The Morgan fingerprint density at radius 2 is 1.68 bits per heavy atom. The molecule has 1 saturated heterocycles. The summed E-state index contributed by atoms with van der Waals surface area (Å²) in [5, 5.41) is 2.95. The van der Waals surface area contributed by atoms with Gasteiger partial charge in [-0.15, -0.1) is 0 Å². The Labute approximate surface area is 199 Å². The number of rotatable bonds is 7. The van der Waals surface area contributed by atoms with Gasteiger partial charge in [-0.25, -0.2) is 4.79 Å². The fourth-order valence-electron chi connectivity index (χ4n) is 4.12. The van der Waals surface area contributed by atoms with Crippen molar-refractivity contribution in [2.75, 3.05) is 37.5 Å². The highest BCUT2D eigenvalue weighted by Gasteiger charge is 2.27. The number of amides is 3. The number of aryl methyl sites for hydroxylation is 1. The van der Waals surface area contributed by atoms with Gasteiger partial charge in [-0.1, -0.05) is 24.3 Å². The molecule has 1 aliphatic heterocycles. The smallest absolute Gasteiger partial charge is 0.324 e. The van der Waals surface area contributed by atoms with Gasteiger partial charge in [0.1, 0.15) is 11.5 Å². The van der Waals surface area contributed by atoms with Crippen LogP contribution in [0.25, 0.3) is 0 Å². The number of hydrogen-bond acceptors (Lipinski definition) is 4. The number of methoxy groups -OCH3 is 2. The van der Waals surface area contributed by atoms with Crippen molar-refractivity contribution < 1.29 is 19.1 Å². The number of benzene rings is 3. The molecule has 0 radical (unpaired) electrons. The van der Waals surface area contributed by atoms with Crippen LogP contribution in [0.2, 0.25) is 0 Å². The molecule has 0 unspecified atom stereocenters. The molecule has 0 spiro atoms. The Balaban J connectivity index is 1.50. The van der Waals surface area contributed by atoms with E-state index < -0.39 is 0 Å². The molecule has 3 aromatic rings. The molecule has 0 saturated carbocycles. The molecule has 1 N–H and O–H groups in total. The highest BCUT2D eigenvalue weighted by Crippen LogP contribution is 2.27. The molecule has 3 amide bonds. The second kappa shape index (κ2) is 10.3. The van der Waals surface area contributed by atoms with Gasteiger partial charge < -0.3 is 19.7 Å². The lowest BCUT2D eigenvalue weighted by Gasteiger charge is -2.36. The topological polar surface area (TPSA) is 71.1 Å². The van der Waals surface area contributed by atoms with Crippen LogP contribution in [0.5, 0.6) is 11.5 Å². The van der Waals surface area contributed by atoms with Gasteiger partial charge in [0.05, 0.1) is 14.2 Å². The van der Waals surface area contributed by atoms with E-state index in [9.17, 15) is 9.59 Å². The van der Waals surface area contributed by atoms with Gasteiger partial charge in [0.25, 0.3) is 5.91 Å². The van der Waals surface area contributed by atoms with E-state index in [1.165, 1.54) is 0 Å². The van der Waals surface area contributed by atoms with Crippen LogP contribution in [0, 0.1) is 6.92 Å². The summed E-state index contributed by atoms with van der Waals surface area (Å²) in [6, 6.07) is 20.4. The summed E-state index contributed by atoms with van der Waals surface area (Å²) in [4.78, 5) is 29.6. The Hall–Kier alpha value is -4.00. The number of anilines is 2. The zero-order chi connectivity index (χ0) is 24.1. The van der Waals surface area contributed by atoms with Crippen molar-refractivity contribution in [3.63, 3.8) is 0 Å². The van der Waals surface area contributed by atoms with E-state index in [1.807, 2.05) is 72.5 Å². The number of nitrogens with one attached hydrogen (secondary N) is 1. The van der Waals surface area contributed by atoms with Crippen LogP contribution >= 0.6 is 0 Å². The van der Waals surface area contributed by atoms with E-state index in [1.54, 1.807) is 25.2 Å². The predicted molar refractivity (Wildman–Crippen MR) is 133 cm³/mol. The molecule has 7 heteroatoms. The predicted octanol–water partition coefficient (Wildman–Crippen LogP) is 5.10. The third kappa shape index (κ3) is 5.14. The molecule has 176 valence electrons. The highest BCUT2D eigenvalue weighted by molar-refractivity contribution is 6.05. The van der Waals surface area contributed by atoms with Crippen molar-refractivity contribution in [3.8, 4) is 11.5 Å². The fourth-order valence-corrected chi connectivity index (χ4v) is 4.12. The minimum atomic E-state index is -0.172. The molecule has 1 fully saturated rings. The molecule has 3 aromatic carbocycles. The summed E-state index contributed by atoms with van der Waals surface area (Å²) >= 11 is 0. The lowest BCUT2D eigenvalue weighted by Crippen LogP contribution is -2.49. The van der Waals surface area contributed by atoms with E-state index in [2.05, 4.69) is 5.32 Å². The summed E-state index contributed by atoms with van der Waals surface area (Å²) in [6.45, 7) is 3.64. The van der Waals surface area contributed by atoms with E-state index in [0.29, 0.717) is 42.4 Å². The van der Waals surface area contributed by atoms with Gasteiger partial charge in [-0.05, 0) is 60.9 Å². The molecular formula is C27H29N3O4. The van der Waals surface area contributed by atoms with Crippen LogP contribution in [0.15, 0.2) is 66.7 Å². The van der Waals surface area contributed by atoms with Crippen molar-refractivity contribution in [1.82, 2.24) is 4.90 Å². The van der Waals surface area contributed by atoms with Gasteiger partial charge in [0, 0.05) is 42.6 Å². The summed E-state index contributed by atoms with van der Waals surface area (Å²) in [5.74, 6) is 1.20. The van der Waals surface area contributed by atoms with Gasteiger partial charge in [-0.2, -0.15) is 0 Å². The van der Waals surface area contributed by atoms with E-state index in [-0.39, 0.29) is 11.9 Å². The molecule has 7 nitrogen and oxygen atoms in total. The first kappa shape index (κ1) is 23.2. The highest BCUT2D eigenvalue weighted by atomic mass is 16.5. The monoisotopic (exact) mass is 459 g/mol. The van der Waals surface area contributed by atoms with E-state index in [0.717, 1.165) is 23.2 Å². The Morgan fingerprint density at radius 1 is 0.941 bits per heavy atom. The van der Waals surface area contributed by atoms with Crippen LogP contribution in [0.1, 0.15) is 27.9 Å². The number of carbonyl (C=O) groups is 2. The van der Waals surface area contributed by atoms with Gasteiger partial charge >= 0.3 is 6.03 Å². The lowest BCUT2D eigenvalue weighted by atomic mass is 10.1. The standard InChI is InChI=1S/C27H29N3O4/c1-19-8-4-5-11-25(19)26(31)28-21-9-6-10-22(16-21)30-13-7-12-29(27(30)32)18-20-14-23(33-2)17-24(15-20)34-3/h4-6,8-11,14-17H,7,12-13,18H2,1-3H3,(H,28,31). The second-order valence-electron chi connectivity index (χ2n) is 8.25. The number of nitrogens with zero attached hydrogens (tertiary/aromatic N) is 2. The number of ether oxygens (including phenoxy) is 2. The first-order chi connectivity index (χ1) is 16.5. The summed E-state index contributed by atoms with van der Waals surface area (Å²) in [5.41, 5.74) is 3.87. The molecule has 1 heterocycles. The van der Waals surface area contributed by atoms with Crippen molar-refractivity contribution in [2.45, 2.75) is 19.9 Å². The minimum Gasteiger partial charge on any atom is -0.497 e. The maximum absolute atomic E-state index is 13.3. The zero-order valence-electron chi connectivity index (χ0n) is 19.7. The Kier molecular flexibility index (Phi) is 7.01. The third-order valence-electron chi connectivity index (χ3n) is 5.90. The second-order valence-corrected chi connectivity index (χ2v) is 8.25. The van der Waals surface area contributed by atoms with Crippen LogP contribution in [0.4, 0.5) is 16.2 Å². The first-order valence-electron chi connectivity index (χ1n) is 11.2. The quantitative estimate of drug-likeness (QED) is 0.534. The molecule has 34 heavy (non-hydrogen) atoms. The molecule has 0 aliphatic carbocycles. The fraction of sp³-hybridized carbons (Fsp3) is 0.259. The number of urea groups is 1. The maximum atomic E-state index is 13.3. The minimum absolute atomic E-state index is 0.0737. The van der Waals surface area contributed by atoms with E-state index in [4.69, 9.17) is 9.47 Å². The van der Waals surface area contributed by atoms with Crippen molar-refractivity contribution in [1.29, 1.82) is 0 Å². The summed E-state index contributed by atoms with van der Waals surface area (Å²) in [7, 11) is 3.22. The average Bonchev–Trinajstić information content (AvgIpc) is 2.85. The summed E-state index contributed by atoms with van der Waals surface area (Å²) < 4.78 is 10.7. The number of carbonyl (C=O) groups excluding carboxylic acids is 2. The largest absolute Gasteiger partial charge is 0.497 e. The molecule has 0 atom stereocenters. The van der Waals surface area contributed by atoms with Gasteiger partial charge in [0.2, 0.25) is 0 Å². The van der Waals surface area contributed by atoms with Crippen LogP contribution in [0.3, 0.4) is 0 Å². The third-order valence-corrected chi connectivity index (χ3v) is 5.90. The Morgan fingerprint density at radius 3 is 2.38 bits per heavy atom. The lowest BCUT2D eigenvalue weighted by molar-refractivity contribution is 0.102. The van der Waals surface area contributed by atoms with Gasteiger partial charge in [0.15, 0.2) is 0 Å². The summed E-state index contributed by atoms with van der Waals surface area (Å²) in [6.07, 6.45) is 0.840. The molecule has 0 aromatic heterocycles. The van der Waals surface area contributed by atoms with Gasteiger partial charge in [-0.3, -0.25) is 9.69 Å². The van der Waals surface area contributed by atoms with E-state index >= 15 is 0 Å². The van der Waals surface area contributed by atoms with Crippen LogP contribution in [-0.4, -0.2) is 44.1 Å². The van der Waals surface area contributed by atoms with Crippen LogP contribution in [-0.2, 0) is 6.54 Å².